The van der Waals surface area contributed by atoms with E-state index in [2.05, 4.69) is 10.6 Å². The molecule has 0 saturated carbocycles. The van der Waals surface area contributed by atoms with Crippen molar-refractivity contribution in [1.29, 1.82) is 0 Å². The second-order valence-corrected chi connectivity index (χ2v) is 4.38. The number of esters is 1. The molecule has 0 bridgehead atoms. The lowest BCUT2D eigenvalue weighted by Crippen LogP contribution is -2.43. The number of carbonyl (C=O) groups excluding carboxylic acids is 1. The maximum Gasteiger partial charge on any atom is 0.324 e. The monoisotopic (exact) mass is 244 g/mol. The zero-order chi connectivity index (χ0) is 12.4. The minimum absolute atomic E-state index is 0.316. The quantitative estimate of drug-likeness (QED) is 0.428. The maximum atomic E-state index is 11.7. The van der Waals surface area contributed by atoms with Gasteiger partial charge in [0.15, 0.2) is 0 Å². The third kappa shape index (κ3) is 2.74. The molecule has 96 valence electrons. The molecule has 2 fully saturated rings. The van der Waals surface area contributed by atoms with Crippen LogP contribution >= 0.6 is 0 Å². The summed E-state index contributed by atoms with van der Waals surface area (Å²) in [5, 5.41) is 23.8. The van der Waals surface area contributed by atoms with Crippen molar-refractivity contribution in [3.63, 3.8) is 0 Å². The molecule has 4 N–H and O–H groups in total. The van der Waals surface area contributed by atoms with E-state index in [0.29, 0.717) is 25.9 Å². The molecule has 7 heteroatoms. The number of hydrogen-bond acceptors (Lipinski definition) is 6. The van der Waals surface area contributed by atoms with Crippen LogP contribution in [0.1, 0.15) is 12.8 Å². The second kappa shape index (κ2) is 4.99. The molecule has 17 heavy (non-hydrogen) atoms. The van der Waals surface area contributed by atoms with Crippen LogP contribution in [0.25, 0.3) is 0 Å². The number of ether oxygens (including phenoxy) is 1. The molecule has 2 rings (SSSR count). The molecule has 0 spiro atoms. The van der Waals surface area contributed by atoms with Crippen LogP contribution in [0.5, 0.6) is 0 Å². The molecule has 2 aliphatic rings. The molecule has 0 aliphatic carbocycles. The van der Waals surface area contributed by atoms with Crippen LogP contribution in [0.15, 0.2) is 0 Å². The van der Waals surface area contributed by atoms with E-state index in [1.807, 2.05) is 0 Å². The highest BCUT2D eigenvalue weighted by Crippen LogP contribution is 2.15. The summed E-state index contributed by atoms with van der Waals surface area (Å²) in [7, 11) is 0. The smallest absolute Gasteiger partial charge is 0.324 e. The number of carbonyl (C=O) groups is 2. The van der Waals surface area contributed by atoms with Gasteiger partial charge in [-0.15, -0.1) is 0 Å². The summed E-state index contributed by atoms with van der Waals surface area (Å²) in [6, 6.07) is -1.36. The van der Waals surface area contributed by atoms with Crippen molar-refractivity contribution in [2.75, 3.05) is 13.1 Å². The number of carboxylic acids is 1. The summed E-state index contributed by atoms with van der Waals surface area (Å²) >= 11 is 0. The average molecular weight is 244 g/mol. The molecule has 7 nitrogen and oxygen atoms in total. The first-order valence-electron chi connectivity index (χ1n) is 5.66. The Hall–Kier alpha value is -1.18. The van der Waals surface area contributed by atoms with Gasteiger partial charge in [-0.25, -0.2) is 0 Å². The number of β-amino-alcohol motifs (C(OH)–C–C–N with tert-alkyl or cyclic N) is 1. The van der Waals surface area contributed by atoms with E-state index >= 15 is 0 Å². The summed E-state index contributed by atoms with van der Waals surface area (Å²) < 4.78 is 5.16. The van der Waals surface area contributed by atoms with Gasteiger partial charge in [0.05, 0.1) is 6.10 Å². The summed E-state index contributed by atoms with van der Waals surface area (Å²) in [6.07, 6.45) is -0.349. The molecule has 0 aromatic heterocycles. The standard InChI is InChI=1S/C10H16N2O5/c13-5-3-6(12-4-5)10(16)17-7-1-2-11-8(7)9(14)15/h5-8,11-13H,1-4H2,(H,14,15)/t5?,6-,7?,8-/m0/s1. The molecular formula is C10H16N2O5. The number of rotatable bonds is 3. The fourth-order valence-corrected chi connectivity index (χ4v) is 2.18. The third-order valence-electron chi connectivity index (χ3n) is 3.09. The Morgan fingerprint density at radius 3 is 2.65 bits per heavy atom. The molecule has 0 aromatic rings. The van der Waals surface area contributed by atoms with Crippen molar-refractivity contribution in [2.45, 2.75) is 37.1 Å². The Balaban J connectivity index is 1.88. The van der Waals surface area contributed by atoms with Gasteiger partial charge in [-0.1, -0.05) is 0 Å². The van der Waals surface area contributed by atoms with Gasteiger partial charge in [0.25, 0.3) is 0 Å². The van der Waals surface area contributed by atoms with Crippen molar-refractivity contribution in [3.8, 4) is 0 Å². The Morgan fingerprint density at radius 2 is 2.06 bits per heavy atom. The average Bonchev–Trinajstić information content (AvgIpc) is 2.86. The largest absolute Gasteiger partial charge is 0.480 e. The van der Waals surface area contributed by atoms with Crippen molar-refractivity contribution in [2.24, 2.45) is 0 Å². The zero-order valence-corrected chi connectivity index (χ0v) is 9.26. The first kappa shape index (κ1) is 12.3. The van der Waals surface area contributed by atoms with Crippen molar-refractivity contribution >= 4 is 11.9 Å². The maximum absolute atomic E-state index is 11.7. The van der Waals surface area contributed by atoms with Crippen LogP contribution in [0.2, 0.25) is 0 Å². The highest BCUT2D eigenvalue weighted by molar-refractivity contribution is 5.79. The van der Waals surface area contributed by atoms with E-state index in [1.54, 1.807) is 0 Å². The van der Waals surface area contributed by atoms with Crippen molar-refractivity contribution in [3.05, 3.63) is 0 Å². The zero-order valence-electron chi connectivity index (χ0n) is 9.26. The van der Waals surface area contributed by atoms with Gasteiger partial charge in [0.2, 0.25) is 0 Å². The molecule has 2 unspecified atom stereocenters. The Kier molecular flexibility index (Phi) is 3.60. The van der Waals surface area contributed by atoms with Gasteiger partial charge in [-0.2, -0.15) is 0 Å². The van der Waals surface area contributed by atoms with E-state index in [0.717, 1.165) is 0 Å². The fraction of sp³-hybridized carbons (Fsp3) is 0.800. The van der Waals surface area contributed by atoms with Crippen LogP contribution < -0.4 is 10.6 Å². The van der Waals surface area contributed by atoms with Crippen LogP contribution in [0, 0.1) is 0 Å². The van der Waals surface area contributed by atoms with Gasteiger partial charge in [-0.05, 0) is 13.0 Å². The number of hydrogen-bond donors (Lipinski definition) is 4. The third-order valence-corrected chi connectivity index (χ3v) is 3.09. The van der Waals surface area contributed by atoms with Gasteiger partial charge in [0.1, 0.15) is 18.2 Å². The summed E-state index contributed by atoms with van der Waals surface area (Å²) in [5.41, 5.74) is 0. The fourth-order valence-electron chi connectivity index (χ4n) is 2.18. The second-order valence-electron chi connectivity index (χ2n) is 4.38. The highest BCUT2D eigenvalue weighted by atomic mass is 16.5. The number of carboxylic acid groups (broad SMARTS) is 1. The Bertz CT molecular complexity index is 322. The number of aliphatic hydroxyl groups excluding tert-OH is 1. The summed E-state index contributed by atoms with van der Waals surface area (Å²) in [6.45, 7) is 0.890. The molecule has 2 aliphatic heterocycles. The summed E-state index contributed by atoms with van der Waals surface area (Å²) in [4.78, 5) is 22.6. The molecule has 2 heterocycles. The molecule has 0 radical (unpaired) electrons. The minimum atomic E-state index is -1.01. The predicted molar refractivity (Wildman–Crippen MR) is 56.3 cm³/mol. The van der Waals surface area contributed by atoms with E-state index in [1.165, 1.54) is 0 Å². The van der Waals surface area contributed by atoms with E-state index < -0.39 is 36.2 Å². The number of aliphatic hydroxyl groups is 1. The number of aliphatic carboxylic acids is 1. The summed E-state index contributed by atoms with van der Waals surface area (Å²) in [5.74, 6) is -1.50. The normalized spacial score (nSPS) is 37.0. The molecule has 4 atom stereocenters. The Morgan fingerprint density at radius 1 is 1.29 bits per heavy atom. The topological polar surface area (TPSA) is 108 Å². The number of nitrogens with one attached hydrogen (secondary N) is 2. The first-order valence-corrected chi connectivity index (χ1v) is 5.66. The Labute approximate surface area is 98.1 Å². The lowest BCUT2D eigenvalue weighted by molar-refractivity contribution is -0.155. The van der Waals surface area contributed by atoms with Gasteiger partial charge >= 0.3 is 11.9 Å². The predicted octanol–water partition coefficient (Wildman–Crippen LogP) is -1.93. The minimum Gasteiger partial charge on any atom is -0.480 e. The van der Waals surface area contributed by atoms with Gasteiger partial charge in [-0.3, -0.25) is 9.59 Å². The lowest BCUT2D eigenvalue weighted by Gasteiger charge is -2.18. The van der Waals surface area contributed by atoms with Crippen LogP contribution in [0.4, 0.5) is 0 Å². The van der Waals surface area contributed by atoms with Gasteiger partial charge in [0, 0.05) is 13.0 Å². The van der Waals surface area contributed by atoms with Crippen molar-refractivity contribution in [1.82, 2.24) is 10.6 Å². The van der Waals surface area contributed by atoms with Crippen LogP contribution in [0.3, 0.4) is 0 Å². The van der Waals surface area contributed by atoms with E-state index in [4.69, 9.17) is 9.84 Å². The van der Waals surface area contributed by atoms with E-state index in [9.17, 15) is 14.7 Å². The van der Waals surface area contributed by atoms with Crippen LogP contribution in [-0.4, -0.2) is 59.5 Å². The highest BCUT2D eigenvalue weighted by Gasteiger charge is 2.38. The van der Waals surface area contributed by atoms with Gasteiger partial charge < -0.3 is 25.6 Å². The lowest BCUT2D eigenvalue weighted by atomic mass is 10.1. The SMILES string of the molecule is O=C(OC1CCN[C@@H]1C(=O)O)[C@@H]1CC(O)CN1. The van der Waals surface area contributed by atoms with E-state index in [-0.39, 0.29) is 0 Å². The molecule has 0 aromatic carbocycles. The van der Waals surface area contributed by atoms with Crippen molar-refractivity contribution < 1.29 is 24.5 Å². The molecule has 0 amide bonds. The molecule has 2 saturated heterocycles. The van der Waals surface area contributed by atoms with Crippen LogP contribution in [-0.2, 0) is 14.3 Å². The molecular weight excluding hydrogens is 228 g/mol. The first-order chi connectivity index (χ1) is 8.08.